The summed E-state index contributed by atoms with van der Waals surface area (Å²) in [4.78, 5) is 0. The fourth-order valence-corrected chi connectivity index (χ4v) is 2.00. The van der Waals surface area contributed by atoms with Crippen molar-refractivity contribution in [2.45, 2.75) is 6.04 Å². The molecule has 1 aromatic heterocycles. The lowest BCUT2D eigenvalue weighted by Gasteiger charge is -2.13. The number of halogens is 2. The molecule has 0 saturated carbocycles. The van der Waals surface area contributed by atoms with Crippen LogP contribution in [-0.2, 0) is 7.05 Å². The first kappa shape index (κ1) is 11.6. The summed E-state index contributed by atoms with van der Waals surface area (Å²) in [7, 11) is 1.87. The third-order valence-electron chi connectivity index (χ3n) is 2.48. The van der Waals surface area contributed by atoms with Crippen molar-refractivity contribution in [1.29, 1.82) is 0 Å². The molecule has 0 spiro atoms. The minimum Gasteiger partial charge on any atom is -0.319 e. The molecule has 1 unspecified atom stereocenters. The number of nitrogens with zero attached hydrogens (tertiary/aromatic N) is 2. The van der Waals surface area contributed by atoms with Crippen molar-refractivity contribution in [3.63, 3.8) is 0 Å². The summed E-state index contributed by atoms with van der Waals surface area (Å²) in [5, 5.41) is 4.76. The molecule has 2 aromatic rings. The van der Waals surface area contributed by atoms with Gasteiger partial charge < -0.3 is 5.73 Å². The Morgan fingerprint density at radius 1 is 1.44 bits per heavy atom. The minimum absolute atomic E-state index is 0.210. The van der Waals surface area contributed by atoms with E-state index in [0.717, 1.165) is 15.7 Å². The van der Waals surface area contributed by atoms with Crippen LogP contribution in [0.5, 0.6) is 0 Å². The molecular formula is C11H11BrClN3. The van der Waals surface area contributed by atoms with Gasteiger partial charge in [0.1, 0.15) is 0 Å². The highest BCUT2D eigenvalue weighted by Crippen LogP contribution is 2.27. The van der Waals surface area contributed by atoms with Crippen LogP contribution in [0.3, 0.4) is 0 Å². The lowest BCUT2D eigenvalue weighted by atomic mass is 10.1. The van der Waals surface area contributed by atoms with E-state index in [1.165, 1.54) is 0 Å². The van der Waals surface area contributed by atoms with Crippen molar-refractivity contribution in [1.82, 2.24) is 9.78 Å². The highest BCUT2D eigenvalue weighted by atomic mass is 79.9. The van der Waals surface area contributed by atoms with E-state index in [4.69, 9.17) is 17.3 Å². The maximum absolute atomic E-state index is 6.15. The normalized spacial score (nSPS) is 12.8. The highest BCUT2D eigenvalue weighted by Gasteiger charge is 2.13. The fourth-order valence-electron chi connectivity index (χ4n) is 1.57. The van der Waals surface area contributed by atoms with Gasteiger partial charge in [-0.2, -0.15) is 5.10 Å². The molecule has 0 fully saturated rings. The second-order valence-corrected chi connectivity index (χ2v) is 4.79. The first-order valence-corrected chi connectivity index (χ1v) is 5.95. The van der Waals surface area contributed by atoms with Gasteiger partial charge in [0.2, 0.25) is 0 Å². The van der Waals surface area contributed by atoms with Crippen LogP contribution in [0.2, 0.25) is 5.02 Å². The Labute approximate surface area is 107 Å². The Balaban J connectivity index is 2.38. The van der Waals surface area contributed by atoms with Crippen LogP contribution in [0.4, 0.5) is 0 Å². The minimum atomic E-state index is -0.210. The number of rotatable bonds is 2. The SMILES string of the molecule is Cn1nccc1C(N)c1ccc(Br)c(Cl)c1. The van der Waals surface area contributed by atoms with Crippen molar-refractivity contribution < 1.29 is 0 Å². The maximum Gasteiger partial charge on any atom is 0.0723 e. The first-order valence-electron chi connectivity index (χ1n) is 4.78. The van der Waals surface area contributed by atoms with Crippen molar-refractivity contribution in [2.75, 3.05) is 0 Å². The molecule has 0 aliphatic heterocycles. The Morgan fingerprint density at radius 2 is 2.19 bits per heavy atom. The third kappa shape index (κ3) is 2.14. The van der Waals surface area contributed by atoms with E-state index in [2.05, 4.69) is 21.0 Å². The zero-order chi connectivity index (χ0) is 11.7. The van der Waals surface area contributed by atoms with Crippen LogP contribution in [0, 0.1) is 0 Å². The van der Waals surface area contributed by atoms with Gasteiger partial charge in [-0.1, -0.05) is 17.7 Å². The van der Waals surface area contributed by atoms with Crippen LogP contribution in [0.25, 0.3) is 0 Å². The average molecular weight is 301 g/mol. The van der Waals surface area contributed by atoms with Gasteiger partial charge in [-0.05, 0) is 39.7 Å². The van der Waals surface area contributed by atoms with Crippen LogP contribution < -0.4 is 5.73 Å². The van der Waals surface area contributed by atoms with E-state index in [-0.39, 0.29) is 6.04 Å². The fraction of sp³-hybridized carbons (Fsp3) is 0.182. The van der Waals surface area contributed by atoms with Gasteiger partial charge in [-0.3, -0.25) is 4.68 Å². The number of hydrogen-bond acceptors (Lipinski definition) is 2. The van der Waals surface area contributed by atoms with Crippen molar-refractivity contribution in [3.05, 3.63) is 51.2 Å². The molecule has 1 atom stereocenters. The summed E-state index contributed by atoms with van der Waals surface area (Å²) >= 11 is 9.39. The van der Waals surface area contributed by atoms with E-state index in [0.29, 0.717) is 5.02 Å². The van der Waals surface area contributed by atoms with Gasteiger partial charge >= 0.3 is 0 Å². The van der Waals surface area contributed by atoms with Gasteiger partial charge in [0.05, 0.1) is 16.8 Å². The summed E-state index contributed by atoms with van der Waals surface area (Å²) in [5.41, 5.74) is 8.07. The van der Waals surface area contributed by atoms with E-state index in [1.54, 1.807) is 10.9 Å². The molecule has 0 bridgehead atoms. The molecule has 0 aliphatic carbocycles. The molecule has 2 rings (SSSR count). The Hall–Kier alpha value is -0.840. The van der Waals surface area contributed by atoms with Crippen LogP contribution in [0.15, 0.2) is 34.9 Å². The second kappa shape index (κ2) is 4.57. The van der Waals surface area contributed by atoms with Gasteiger partial charge in [0.25, 0.3) is 0 Å². The molecular weight excluding hydrogens is 289 g/mol. The number of benzene rings is 1. The van der Waals surface area contributed by atoms with Crippen LogP contribution in [-0.4, -0.2) is 9.78 Å². The zero-order valence-corrected chi connectivity index (χ0v) is 11.0. The largest absolute Gasteiger partial charge is 0.319 e. The molecule has 0 saturated heterocycles. The second-order valence-electron chi connectivity index (χ2n) is 3.53. The number of hydrogen-bond donors (Lipinski definition) is 1. The molecule has 1 heterocycles. The number of nitrogens with two attached hydrogens (primary N) is 1. The summed E-state index contributed by atoms with van der Waals surface area (Å²) in [6, 6.07) is 7.41. The predicted molar refractivity (Wildman–Crippen MR) is 68.4 cm³/mol. The topological polar surface area (TPSA) is 43.8 Å². The quantitative estimate of drug-likeness (QED) is 0.927. The molecule has 0 amide bonds. The van der Waals surface area contributed by atoms with Crippen LogP contribution >= 0.6 is 27.5 Å². The molecule has 84 valence electrons. The average Bonchev–Trinajstić information content (AvgIpc) is 2.67. The monoisotopic (exact) mass is 299 g/mol. The summed E-state index contributed by atoms with van der Waals surface area (Å²) in [5.74, 6) is 0. The first-order chi connectivity index (χ1) is 7.59. The number of aromatic nitrogens is 2. The van der Waals surface area contributed by atoms with Crippen molar-refractivity contribution in [2.24, 2.45) is 12.8 Å². The van der Waals surface area contributed by atoms with E-state index in [9.17, 15) is 0 Å². The predicted octanol–water partition coefficient (Wildman–Crippen LogP) is 2.88. The zero-order valence-electron chi connectivity index (χ0n) is 8.69. The number of aryl methyl sites for hydroxylation is 1. The maximum atomic E-state index is 6.15. The van der Waals surface area contributed by atoms with Crippen molar-refractivity contribution in [3.8, 4) is 0 Å². The summed E-state index contributed by atoms with van der Waals surface area (Å²) < 4.78 is 2.63. The molecule has 5 heteroatoms. The van der Waals surface area contributed by atoms with E-state index >= 15 is 0 Å². The molecule has 0 radical (unpaired) electrons. The Morgan fingerprint density at radius 3 is 2.75 bits per heavy atom. The molecule has 2 N–H and O–H groups in total. The summed E-state index contributed by atoms with van der Waals surface area (Å²) in [6.45, 7) is 0. The standard InChI is InChI=1S/C11H11BrClN3/c1-16-10(4-5-15-16)11(14)7-2-3-8(12)9(13)6-7/h2-6,11H,14H2,1H3. The van der Waals surface area contributed by atoms with Gasteiger partial charge in [0, 0.05) is 17.7 Å². The van der Waals surface area contributed by atoms with Gasteiger partial charge in [-0.25, -0.2) is 0 Å². The van der Waals surface area contributed by atoms with Gasteiger partial charge in [0.15, 0.2) is 0 Å². The molecule has 16 heavy (non-hydrogen) atoms. The molecule has 0 aliphatic rings. The Kier molecular flexibility index (Phi) is 3.33. The third-order valence-corrected chi connectivity index (χ3v) is 3.71. The van der Waals surface area contributed by atoms with Crippen LogP contribution in [0.1, 0.15) is 17.3 Å². The molecule has 3 nitrogen and oxygen atoms in total. The van der Waals surface area contributed by atoms with E-state index < -0.39 is 0 Å². The lowest BCUT2D eigenvalue weighted by molar-refractivity contribution is 0.673. The smallest absolute Gasteiger partial charge is 0.0723 e. The Bertz CT molecular complexity index is 510. The molecule has 1 aromatic carbocycles. The van der Waals surface area contributed by atoms with Gasteiger partial charge in [-0.15, -0.1) is 0 Å². The lowest BCUT2D eigenvalue weighted by Crippen LogP contribution is -2.15. The summed E-state index contributed by atoms with van der Waals surface area (Å²) in [6.07, 6.45) is 1.73. The highest BCUT2D eigenvalue weighted by molar-refractivity contribution is 9.10. The van der Waals surface area contributed by atoms with Crippen molar-refractivity contribution >= 4 is 27.5 Å². The van der Waals surface area contributed by atoms with E-state index in [1.807, 2.05) is 31.3 Å².